The van der Waals surface area contributed by atoms with E-state index in [1.165, 1.54) is 4.57 Å². The highest BCUT2D eigenvalue weighted by molar-refractivity contribution is 6.35. The lowest BCUT2D eigenvalue weighted by Crippen LogP contribution is -2.36. The average molecular weight is 437 g/mol. The first-order chi connectivity index (χ1) is 13.8. The van der Waals surface area contributed by atoms with Gasteiger partial charge in [0.25, 0.3) is 0 Å². The Kier molecular flexibility index (Phi) is 6.75. The van der Waals surface area contributed by atoms with Crippen molar-refractivity contribution in [1.82, 2.24) is 14.5 Å². The zero-order valence-corrected chi connectivity index (χ0v) is 18.5. The standard InChI is InChI=1S/C21H26Cl2N4O2/c1-4-6-7-25(3)19(28)13-27-20-18(24-21(27)29)10-15(12-26(20)5-2)14-8-16(22)11-17(23)9-14/h8-11H,4-7,12-13H2,1-3H3,(H,24,29). The van der Waals surface area contributed by atoms with Gasteiger partial charge in [0.1, 0.15) is 12.4 Å². The summed E-state index contributed by atoms with van der Waals surface area (Å²) in [6.07, 6.45) is 3.90. The maximum atomic E-state index is 12.6. The summed E-state index contributed by atoms with van der Waals surface area (Å²) in [4.78, 5) is 31.9. The quantitative estimate of drug-likeness (QED) is 0.709. The number of nitrogens with one attached hydrogen (secondary N) is 1. The number of rotatable bonds is 7. The number of carbonyl (C=O) groups is 1. The molecule has 1 N–H and O–H groups in total. The third-order valence-corrected chi connectivity index (χ3v) is 5.58. The van der Waals surface area contributed by atoms with Crippen molar-refractivity contribution < 1.29 is 4.79 Å². The summed E-state index contributed by atoms with van der Waals surface area (Å²) in [6.45, 7) is 6.10. The maximum absolute atomic E-state index is 12.6. The number of halogens is 2. The van der Waals surface area contributed by atoms with Gasteiger partial charge in [0, 0.05) is 36.7 Å². The minimum absolute atomic E-state index is 0.0214. The van der Waals surface area contributed by atoms with E-state index in [0.717, 1.165) is 29.8 Å². The van der Waals surface area contributed by atoms with Crippen molar-refractivity contribution >= 4 is 46.6 Å². The second-order valence-electron chi connectivity index (χ2n) is 7.26. The highest BCUT2D eigenvalue weighted by atomic mass is 35.5. The zero-order chi connectivity index (χ0) is 21.1. The number of hydrogen-bond donors (Lipinski definition) is 1. The van der Waals surface area contributed by atoms with Gasteiger partial charge in [-0.2, -0.15) is 0 Å². The fraction of sp³-hybridized carbons (Fsp3) is 0.429. The van der Waals surface area contributed by atoms with Crippen molar-refractivity contribution in [3.63, 3.8) is 0 Å². The van der Waals surface area contributed by atoms with Crippen LogP contribution >= 0.6 is 23.2 Å². The van der Waals surface area contributed by atoms with Crippen LogP contribution in [0, 0.1) is 0 Å². The summed E-state index contributed by atoms with van der Waals surface area (Å²) in [6, 6.07) is 5.41. The Labute approximate surface area is 180 Å². The highest BCUT2D eigenvalue weighted by Gasteiger charge is 2.26. The van der Waals surface area contributed by atoms with Crippen LogP contribution in [0.25, 0.3) is 11.6 Å². The lowest BCUT2D eigenvalue weighted by molar-refractivity contribution is -0.130. The minimum atomic E-state index is -0.285. The van der Waals surface area contributed by atoms with E-state index in [1.54, 1.807) is 18.0 Å². The molecule has 0 unspecified atom stereocenters. The Morgan fingerprint density at radius 2 is 1.90 bits per heavy atom. The molecule has 0 saturated carbocycles. The molecule has 156 valence electrons. The first-order valence-corrected chi connectivity index (χ1v) is 10.6. The Morgan fingerprint density at radius 1 is 1.21 bits per heavy atom. The van der Waals surface area contributed by atoms with Gasteiger partial charge in [0.15, 0.2) is 0 Å². The van der Waals surface area contributed by atoms with Crippen LogP contribution in [0.5, 0.6) is 0 Å². The largest absolute Gasteiger partial charge is 0.352 e. The van der Waals surface area contributed by atoms with Gasteiger partial charge in [-0.15, -0.1) is 0 Å². The monoisotopic (exact) mass is 436 g/mol. The number of imidazole rings is 1. The number of hydrogen-bond acceptors (Lipinski definition) is 3. The molecule has 0 bridgehead atoms. The van der Waals surface area contributed by atoms with Gasteiger partial charge >= 0.3 is 5.69 Å². The molecule has 0 atom stereocenters. The summed E-state index contributed by atoms with van der Waals surface area (Å²) in [7, 11) is 1.78. The first-order valence-electron chi connectivity index (χ1n) is 9.82. The molecule has 1 aromatic heterocycles. The summed E-state index contributed by atoms with van der Waals surface area (Å²) in [5.74, 6) is 0.668. The number of nitrogens with zero attached hydrogens (tertiary/aromatic N) is 3. The highest BCUT2D eigenvalue weighted by Crippen LogP contribution is 2.33. The molecule has 1 amide bonds. The van der Waals surface area contributed by atoms with E-state index in [2.05, 4.69) is 16.8 Å². The van der Waals surface area contributed by atoms with Crippen LogP contribution in [0.15, 0.2) is 23.0 Å². The molecule has 1 aromatic carbocycles. The van der Waals surface area contributed by atoms with Gasteiger partial charge in [-0.1, -0.05) is 36.5 Å². The van der Waals surface area contributed by atoms with E-state index in [1.807, 2.05) is 25.1 Å². The van der Waals surface area contributed by atoms with Crippen LogP contribution < -0.4 is 10.6 Å². The van der Waals surface area contributed by atoms with Gasteiger partial charge in [0.2, 0.25) is 5.91 Å². The van der Waals surface area contributed by atoms with Crippen LogP contribution in [0.4, 0.5) is 5.82 Å². The van der Waals surface area contributed by atoms with Crippen LogP contribution in [-0.4, -0.2) is 47.0 Å². The number of aromatic nitrogens is 2. The van der Waals surface area contributed by atoms with Crippen LogP contribution in [0.2, 0.25) is 10.0 Å². The second kappa shape index (κ2) is 9.09. The number of H-pyrrole nitrogens is 1. The first kappa shape index (κ1) is 21.5. The molecule has 1 aliphatic heterocycles. The molecule has 0 spiro atoms. The molecular formula is C21H26Cl2N4O2. The van der Waals surface area contributed by atoms with Gasteiger partial charge in [-0.3, -0.25) is 9.36 Å². The Morgan fingerprint density at radius 3 is 2.52 bits per heavy atom. The predicted octanol–water partition coefficient (Wildman–Crippen LogP) is 4.12. The van der Waals surface area contributed by atoms with Crippen LogP contribution in [0.3, 0.4) is 0 Å². The lowest BCUT2D eigenvalue weighted by Gasteiger charge is -2.30. The summed E-state index contributed by atoms with van der Waals surface area (Å²) in [5.41, 5.74) is 2.32. The molecule has 0 saturated heterocycles. The van der Waals surface area contributed by atoms with E-state index in [9.17, 15) is 9.59 Å². The Bertz CT molecular complexity index is 973. The normalized spacial score (nSPS) is 13.3. The SMILES string of the molecule is CCCCN(C)C(=O)Cn1c2c([nH]c1=O)C=C(c1cc(Cl)cc(Cl)c1)CN2CC. The predicted molar refractivity (Wildman–Crippen MR) is 120 cm³/mol. The van der Waals surface area contributed by atoms with Gasteiger partial charge in [0.05, 0.1) is 5.69 Å². The smallest absolute Gasteiger partial charge is 0.328 e. The molecule has 8 heteroatoms. The molecule has 6 nitrogen and oxygen atoms in total. The van der Waals surface area contributed by atoms with Crippen molar-refractivity contribution in [1.29, 1.82) is 0 Å². The van der Waals surface area contributed by atoms with Gasteiger partial charge in [-0.05, 0) is 48.8 Å². The van der Waals surface area contributed by atoms with E-state index < -0.39 is 0 Å². The number of anilines is 1. The summed E-state index contributed by atoms with van der Waals surface area (Å²) in [5, 5.41) is 1.13. The summed E-state index contributed by atoms with van der Waals surface area (Å²) >= 11 is 12.3. The van der Waals surface area contributed by atoms with Gasteiger partial charge < -0.3 is 14.8 Å². The number of benzene rings is 1. The topological polar surface area (TPSA) is 61.3 Å². The average Bonchev–Trinajstić information content (AvgIpc) is 2.99. The van der Waals surface area contributed by atoms with E-state index in [-0.39, 0.29) is 18.1 Å². The number of amides is 1. The van der Waals surface area contributed by atoms with Crippen LogP contribution in [-0.2, 0) is 11.3 Å². The van der Waals surface area contributed by atoms with Crippen molar-refractivity contribution in [2.75, 3.05) is 31.6 Å². The second-order valence-corrected chi connectivity index (χ2v) is 8.14. The molecule has 1 aliphatic rings. The molecular weight excluding hydrogens is 411 g/mol. The van der Waals surface area contributed by atoms with Crippen LogP contribution in [0.1, 0.15) is 37.9 Å². The zero-order valence-electron chi connectivity index (χ0n) is 17.0. The van der Waals surface area contributed by atoms with E-state index in [4.69, 9.17) is 23.2 Å². The molecule has 2 aromatic rings. The molecule has 29 heavy (non-hydrogen) atoms. The summed E-state index contributed by atoms with van der Waals surface area (Å²) < 4.78 is 1.53. The van der Waals surface area contributed by atoms with Crippen molar-refractivity contribution in [3.8, 4) is 0 Å². The molecule has 2 heterocycles. The Hall–Kier alpha value is -2.18. The number of carbonyl (C=O) groups excluding carboxylic acids is 1. The van der Waals surface area contributed by atoms with Crippen molar-refractivity contribution in [3.05, 3.63) is 50.0 Å². The third kappa shape index (κ3) is 4.70. The molecule has 3 rings (SSSR count). The van der Waals surface area contributed by atoms with E-state index in [0.29, 0.717) is 35.4 Å². The van der Waals surface area contributed by atoms with Crippen molar-refractivity contribution in [2.24, 2.45) is 0 Å². The van der Waals surface area contributed by atoms with Gasteiger partial charge in [-0.25, -0.2) is 4.79 Å². The molecule has 0 aliphatic carbocycles. The van der Waals surface area contributed by atoms with Crippen molar-refractivity contribution in [2.45, 2.75) is 33.2 Å². The Balaban J connectivity index is 1.96. The number of likely N-dealkylation sites (N-methyl/N-ethyl adjacent to an activating group) is 2. The molecule has 0 radical (unpaired) electrons. The molecule has 0 fully saturated rings. The number of fused-ring (bicyclic) bond motifs is 1. The fourth-order valence-corrected chi connectivity index (χ4v) is 4.05. The number of aromatic amines is 1. The lowest BCUT2D eigenvalue weighted by atomic mass is 10.0. The van der Waals surface area contributed by atoms with E-state index >= 15 is 0 Å². The minimum Gasteiger partial charge on any atom is -0.352 e. The third-order valence-electron chi connectivity index (χ3n) is 5.14. The maximum Gasteiger partial charge on any atom is 0.328 e. The fourth-order valence-electron chi connectivity index (χ4n) is 3.52. The number of unbranched alkanes of at least 4 members (excludes halogenated alkanes) is 1.